The van der Waals surface area contributed by atoms with Crippen molar-refractivity contribution in [3.63, 3.8) is 0 Å². The predicted octanol–water partition coefficient (Wildman–Crippen LogP) is 4.23. The maximum Gasteiger partial charge on any atom is 0.306 e. The molecule has 2 aromatic rings. The summed E-state index contributed by atoms with van der Waals surface area (Å²) < 4.78 is 18.3. The third-order valence-corrected chi connectivity index (χ3v) is 15.6. The number of phenols is 1. The molecule has 0 unspecified atom stereocenters. The highest BCUT2D eigenvalue weighted by atomic mass is 127. The summed E-state index contributed by atoms with van der Waals surface area (Å²) >= 11 is 1.93. The van der Waals surface area contributed by atoms with Gasteiger partial charge in [-0.15, -0.1) is 0 Å². The monoisotopic (exact) mass is 1270 g/mol. The van der Waals surface area contributed by atoms with E-state index in [2.05, 4.69) is 37.2 Å². The Labute approximate surface area is 492 Å². The highest BCUT2D eigenvalue weighted by molar-refractivity contribution is 14.1. The van der Waals surface area contributed by atoms with Crippen LogP contribution < -0.4 is 42.0 Å². The highest BCUT2D eigenvalue weighted by Crippen LogP contribution is 2.30. The SMILES string of the molecule is CNC(=O)[C@@H]1CSSC[C@H](NC(=O)[C@@H](CCC(=O)OC(C)(C)C)NC(=O)[C@@H](C)Cc2ccc(OC(C)(C)C)cc2)C(=O)N2C[C@H](OC(C)(C)C)C[C@H]2C(=O)N[C@@H](Cc2ccc(O)c(I)c2)C(=O)NCC(=O)N[C@@H](CC(C)C)C(=O)N1. The number of phenolic OH excluding ortho intramolecular Hbond substituents is 1. The van der Waals surface area contributed by atoms with E-state index in [-0.39, 0.29) is 68.2 Å². The van der Waals surface area contributed by atoms with Crippen LogP contribution in [0.15, 0.2) is 42.5 Å². The number of ether oxygens (including phenoxy) is 3. The average Bonchev–Trinajstić information content (AvgIpc) is 3.77. The maximum absolute atomic E-state index is 15.3. The van der Waals surface area contributed by atoms with Crippen LogP contribution in [0.3, 0.4) is 0 Å². The van der Waals surface area contributed by atoms with Gasteiger partial charge in [0.15, 0.2) is 0 Å². The van der Waals surface area contributed by atoms with E-state index in [9.17, 15) is 43.5 Å². The van der Waals surface area contributed by atoms with Crippen LogP contribution in [0.1, 0.15) is 120 Å². The van der Waals surface area contributed by atoms with Crippen LogP contribution in [0.25, 0.3) is 0 Å². The number of nitrogens with zero attached hydrogens (tertiary/aromatic N) is 1. The van der Waals surface area contributed by atoms with Crippen molar-refractivity contribution < 1.29 is 62.5 Å². The van der Waals surface area contributed by atoms with Gasteiger partial charge in [-0.2, -0.15) is 0 Å². The molecule has 0 aromatic heterocycles. The third-order valence-electron chi connectivity index (χ3n) is 12.3. The van der Waals surface area contributed by atoms with Gasteiger partial charge in [0.05, 0.1) is 21.8 Å². The Bertz CT molecular complexity index is 2520. The van der Waals surface area contributed by atoms with Crippen molar-refractivity contribution in [1.82, 2.24) is 42.1 Å². The van der Waals surface area contributed by atoms with Gasteiger partial charge in [-0.05, 0) is 145 Å². The molecule has 2 aliphatic heterocycles. The van der Waals surface area contributed by atoms with Gasteiger partial charge in [0.2, 0.25) is 47.3 Å². The smallest absolute Gasteiger partial charge is 0.306 e. The molecule has 0 aliphatic carbocycles. The minimum absolute atomic E-state index is 0.00344. The molecule has 2 aromatic carbocycles. The molecule has 444 valence electrons. The number of esters is 1. The summed E-state index contributed by atoms with van der Waals surface area (Å²) in [7, 11) is 3.61. The topological polar surface area (TPSA) is 289 Å². The van der Waals surface area contributed by atoms with Crippen LogP contribution in [0.2, 0.25) is 0 Å². The lowest BCUT2D eigenvalue weighted by atomic mass is 9.99. The first-order valence-electron chi connectivity index (χ1n) is 26.9. The Morgan fingerprint density at radius 3 is 2.05 bits per heavy atom. The number of fused-ring (bicyclic) bond motifs is 1. The Morgan fingerprint density at radius 2 is 1.45 bits per heavy atom. The highest BCUT2D eigenvalue weighted by Gasteiger charge is 2.45. The lowest BCUT2D eigenvalue weighted by Gasteiger charge is -2.31. The van der Waals surface area contributed by atoms with Crippen molar-refractivity contribution in [2.75, 3.05) is 31.6 Å². The lowest BCUT2D eigenvalue weighted by Crippen LogP contribution is -2.59. The molecule has 21 nitrogen and oxygen atoms in total. The van der Waals surface area contributed by atoms with E-state index in [4.69, 9.17) is 14.2 Å². The Balaban J connectivity index is 1.78. The van der Waals surface area contributed by atoms with Crippen LogP contribution in [0.5, 0.6) is 11.5 Å². The summed E-state index contributed by atoms with van der Waals surface area (Å²) in [5.41, 5.74) is -0.643. The molecule has 2 saturated heterocycles. The Kier molecular flexibility index (Phi) is 25.3. The first-order chi connectivity index (χ1) is 37.2. The van der Waals surface area contributed by atoms with Crippen molar-refractivity contribution in [1.29, 1.82) is 0 Å². The molecular formula is C56H83IN8O13S2. The molecule has 2 heterocycles. The van der Waals surface area contributed by atoms with Gasteiger partial charge in [0.1, 0.15) is 59.0 Å². The first-order valence-corrected chi connectivity index (χ1v) is 30.5. The van der Waals surface area contributed by atoms with Crippen LogP contribution in [0, 0.1) is 15.4 Å². The van der Waals surface area contributed by atoms with E-state index >= 15 is 4.79 Å². The molecule has 0 radical (unpaired) electrons. The fourth-order valence-corrected chi connectivity index (χ4v) is 11.6. The standard InChI is InChI=1S/C56H83IN8O13S2/c1-31(2)22-39-51(73)63-41(48(70)58-13)29-79-80-30-42(64-50(72)38(19-21-46(68)78-56(10,11)12)61-47(69)32(3)23-33-14-17-35(18-15-33)76-54(4,5)6)53(75)65-28-36(77-55(7,8)9)26-43(65)52(74)62-40(49(71)59-27-45(67)60-39)25-34-16-20-44(66)37(57)24-34/h14-18,20,24,31-32,36,38-43,66H,19,21-23,25-30H2,1-13H3,(H,58,70)(H,59,71)(H,60,67)(H,61,69)(H,62,74)(H,63,73)(H,64,72)/t32-,36+,38+,39-,40-,41-,42-,43-/m0/s1. The van der Waals surface area contributed by atoms with Gasteiger partial charge in [0, 0.05) is 50.3 Å². The quantitative estimate of drug-likeness (QED) is 0.0663. The first kappa shape index (κ1) is 67.2. The number of aromatic hydroxyl groups is 1. The minimum atomic E-state index is -1.42. The number of nitrogens with one attached hydrogen (secondary N) is 7. The normalized spacial score (nSPS) is 22.1. The van der Waals surface area contributed by atoms with E-state index in [1.54, 1.807) is 39.8 Å². The maximum atomic E-state index is 15.3. The fourth-order valence-electron chi connectivity index (χ4n) is 8.74. The Hall–Kier alpha value is -5.34. The van der Waals surface area contributed by atoms with Crippen molar-refractivity contribution in [2.45, 2.75) is 181 Å². The molecule has 4 rings (SSSR count). The van der Waals surface area contributed by atoms with Gasteiger partial charge >= 0.3 is 5.97 Å². The number of carbonyl (C=O) groups is 9. The van der Waals surface area contributed by atoms with Gasteiger partial charge in [-0.1, -0.05) is 60.6 Å². The van der Waals surface area contributed by atoms with Crippen LogP contribution in [-0.2, 0) is 65.5 Å². The summed E-state index contributed by atoms with van der Waals surface area (Å²) in [6, 6.07) is 4.33. The van der Waals surface area contributed by atoms with E-state index in [0.717, 1.165) is 27.2 Å². The van der Waals surface area contributed by atoms with Gasteiger partial charge in [0.25, 0.3) is 0 Å². The van der Waals surface area contributed by atoms with E-state index in [0.29, 0.717) is 14.9 Å². The van der Waals surface area contributed by atoms with Crippen LogP contribution in [0.4, 0.5) is 0 Å². The fraction of sp³-hybridized carbons (Fsp3) is 0.625. The molecule has 0 spiro atoms. The molecule has 8 amide bonds. The summed E-state index contributed by atoms with van der Waals surface area (Å²) in [5.74, 6) is -6.43. The predicted molar refractivity (Wildman–Crippen MR) is 315 cm³/mol. The summed E-state index contributed by atoms with van der Waals surface area (Å²) in [6.45, 7) is 21.1. The van der Waals surface area contributed by atoms with Crippen LogP contribution in [-0.4, -0.2) is 154 Å². The second-order valence-corrected chi connectivity index (χ2v) is 27.3. The molecule has 2 aliphatic rings. The zero-order chi connectivity index (χ0) is 59.9. The van der Waals surface area contributed by atoms with Crippen molar-refractivity contribution in [3.05, 3.63) is 57.2 Å². The molecule has 24 heteroatoms. The molecule has 0 bridgehead atoms. The zero-order valence-corrected chi connectivity index (χ0v) is 52.1. The average molecular weight is 1270 g/mol. The number of carbonyl (C=O) groups excluding carboxylic acids is 9. The van der Waals surface area contributed by atoms with Gasteiger partial charge in [-0.3, -0.25) is 43.2 Å². The molecule has 8 atom stereocenters. The van der Waals surface area contributed by atoms with Crippen molar-refractivity contribution >= 4 is 97.4 Å². The number of halogens is 1. The van der Waals surface area contributed by atoms with Crippen LogP contribution >= 0.6 is 44.2 Å². The second kappa shape index (κ2) is 30.1. The van der Waals surface area contributed by atoms with Crippen molar-refractivity contribution in [2.24, 2.45) is 11.8 Å². The Morgan fingerprint density at radius 1 is 0.800 bits per heavy atom. The molecular weight excluding hydrogens is 1180 g/mol. The van der Waals surface area contributed by atoms with Gasteiger partial charge in [-0.25, -0.2) is 0 Å². The van der Waals surface area contributed by atoms with E-state index in [1.165, 1.54) is 18.0 Å². The number of hydrogen-bond acceptors (Lipinski definition) is 15. The molecule has 2 fully saturated rings. The van der Waals surface area contributed by atoms with E-state index in [1.807, 2.05) is 102 Å². The number of hydrogen-bond donors (Lipinski definition) is 8. The third kappa shape index (κ3) is 22.9. The molecule has 8 N–H and O–H groups in total. The van der Waals surface area contributed by atoms with Gasteiger partial charge < -0.3 is 61.4 Å². The number of likely N-dealkylation sites (N-methyl/N-ethyl adjacent to an activating group) is 1. The second-order valence-electron chi connectivity index (χ2n) is 23.6. The summed E-state index contributed by atoms with van der Waals surface area (Å²) in [6.07, 6.45) is -0.875. The summed E-state index contributed by atoms with van der Waals surface area (Å²) in [5, 5.41) is 29.3. The number of benzene rings is 2. The van der Waals surface area contributed by atoms with E-state index < -0.39 is 125 Å². The molecule has 0 saturated carbocycles. The number of amides is 8. The molecule has 80 heavy (non-hydrogen) atoms. The number of rotatable bonds is 16. The summed E-state index contributed by atoms with van der Waals surface area (Å²) in [4.78, 5) is 128. The zero-order valence-electron chi connectivity index (χ0n) is 48.3. The largest absolute Gasteiger partial charge is 0.507 e. The minimum Gasteiger partial charge on any atom is -0.507 e. The lowest BCUT2D eigenvalue weighted by molar-refractivity contribution is -0.155. The van der Waals surface area contributed by atoms with Crippen molar-refractivity contribution in [3.8, 4) is 11.5 Å².